The van der Waals surface area contributed by atoms with Crippen LogP contribution in [0, 0.1) is 5.92 Å². The summed E-state index contributed by atoms with van der Waals surface area (Å²) in [6.45, 7) is 5.81. The highest BCUT2D eigenvalue weighted by molar-refractivity contribution is 6.00. The van der Waals surface area contributed by atoms with E-state index in [1.165, 1.54) is 12.1 Å². The van der Waals surface area contributed by atoms with Gasteiger partial charge in [0, 0.05) is 6.04 Å². The molecule has 0 radical (unpaired) electrons. The normalized spacial score (nSPS) is 13.3. The van der Waals surface area contributed by atoms with E-state index >= 15 is 0 Å². The number of halogens is 3. The van der Waals surface area contributed by atoms with E-state index in [1.807, 2.05) is 20.8 Å². The minimum atomic E-state index is -4.57. The lowest BCUT2D eigenvalue weighted by atomic mass is 10.0. The van der Waals surface area contributed by atoms with Gasteiger partial charge in [0.15, 0.2) is 0 Å². The number of benzene rings is 1. The molecule has 0 aliphatic carbocycles. The third-order valence-electron chi connectivity index (χ3n) is 2.86. The van der Waals surface area contributed by atoms with Crippen LogP contribution in [0.25, 0.3) is 0 Å². The number of rotatable bonds is 4. The van der Waals surface area contributed by atoms with Crippen LogP contribution in [-0.2, 0) is 6.18 Å². The summed E-state index contributed by atoms with van der Waals surface area (Å²) in [5.41, 5.74) is 3.81. The number of para-hydroxylation sites is 1. The fourth-order valence-electron chi connectivity index (χ4n) is 2.08. The van der Waals surface area contributed by atoms with Crippen LogP contribution in [-0.4, -0.2) is 11.9 Å². The number of anilines is 1. The lowest BCUT2D eigenvalue weighted by Gasteiger charge is -2.18. The minimum absolute atomic E-state index is 0.128. The van der Waals surface area contributed by atoms with Crippen LogP contribution in [0.5, 0.6) is 0 Å². The predicted molar refractivity (Wildman–Crippen MR) is 72.2 cm³/mol. The van der Waals surface area contributed by atoms with Crippen molar-refractivity contribution in [2.75, 3.05) is 5.73 Å². The summed E-state index contributed by atoms with van der Waals surface area (Å²) >= 11 is 0. The number of hydrogen-bond acceptors (Lipinski definition) is 2. The van der Waals surface area contributed by atoms with Gasteiger partial charge in [-0.2, -0.15) is 13.2 Å². The molecular formula is C14H19F3N2O. The monoisotopic (exact) mass is 288 g/mol. The van der Waals surface area contributed by atoms with Gasteiger partial charge in [0.2, 0.25) is 0 Å². The highest BCUT2D eigenvalue weighted by atomic mass is 19.4. The molecule has 1 aromatic rings. The first-order valence-electron chi connectivity index (χ1n) is 6.39. The second-order valence-corrected chi connectivity index (χ2v) is 5.27. The predicted octanol–water partition coefficient (Wildman–Crippen LogP) is 3.45. The summed E-state index contributed by atoms with van der Waals surface area (Å²) in [6, 6.07) is 3.21. The van der Waals surface area contributed by atoms with E-state index in [9.17, 15) is 18.0 Å². The Hall–Kier alpha value is -1.72. The van der Waals surface area contributed by atoms with E-state index in [-0.39, 0.29) is 11.6 Å². The Balaban J connectivity index is 2.95. The Kier molecular flexibility index (Phi) is 5.03. The number of carbonyl (C=O) groups is 1. The van der Waals surface area contributed by atoms with Crippen molar-refractivity contribution < 1.29 is 18.0 Å². The SMILES string of the molecule is CC(C)CC(C)NC(=O)c1cccc(C(F)(F)F)c1N. The molecule has 0 spiro atoms. The smallest absolute Gasteiger partial charge is 0.398 e. The van der Waals surface area contributed by atoms with Crippen molar-refractivity contribution in [1.82, 2.24) is 5.32 Å². The average molecular weight is 288 g/mol. The molecule has 0 fully saturated rings. The Morgan fingerprint density at radius 3 is 2.40 bits per heavy atom. The van der Waals surface area contributed by atoms with Gasteiger partial charge in [-0.1, -0.05) is 19.9 Å². The number of nitrogens with two attached hydrogens (primary N) is 1. The van der Waals surface area contributed by atoms with E-state index in [4.69, 9.17) is 5.73 Å². The van der Waals surface area contributed by atoms with Crippen LogP contribution in [0.2, 0.25) is 0 Å². The van der Waals surface area contributed by atoms with Crippen molar-refractivity contribution >= 4 is 11.6 Å². The van der Waals surface area contributed by atoms with Crippen molar-refractivity contribution in [3.05, 3.63) is 29.3 Å². The van der Waals surface area contributed by atoms with Gasteiger partial charge in [-0.25, -0.2) is 0 Å². The Bertz CT molecular complexity index is 484. The molecule has 0 aromatic heterocycles. The van der Waals surface area contributed by atoms with Crippen molar-refractivity contribution in [3.8, 4) is 0 Å². The zero-order chi connectivity index (χ0) is 15.5. The first-order chi connectivity index (χ1) is 9.12. The Morgan fingerprint density at radius 2 is 1.90 bits per heavy atom. The molecule has 3 N–H and O–H groups in total. The molecule has 1 aromatic carbocycles. The molecule has 1 amide bonds. The lowest BCUT2D eigenvalue weighted by Crippen LogP contribution is -2.34. The fraction of sp³-hybridized carbons (Fsp3) is 0.500. The molecule has 20 heavy (non-hydrogen) atoms. The molecule has 6 heteroatoms. The highest BCUT2D eigenvalue weighted by Crippen LogP contribution is 2.34. The largest absolute Gasteiger partial charge is 0.418 e. The van der Waals surface area contributed by atoms with Crippen molar-refractivity contribution in [1.29, 1.82) is 0 Å². The molecule has 112 valence electrons. The summed E-state index contributed by atoms with van der Waals surface area (Å²) < 4.78 is 38.1. The Morgan fingerprint density at radius 1 is 1.30 bits per heavy atom. The van der Waals surface area contributed by atoms with E-state index in [0.29, 0.717) is 5.92 Å². The summed E-state index contributed by atoms with van der Waals surface area (Å²) in [5.74, 6) is -0.203. The van der Waals surface area contributed by atoms with Crippen molar-refractivity contribution in [2.24, 2.45) is 5.92 Å². The third kappa shape index (κ3) is 4.15. The first kappa shape index (κ1) is 16.3. The molecule has 0 saturated heterocycles. The number of nitrogens with one attached hydrogen (secondary N) is 1. The van der Waals surface area contributed by atoms with Gasteiger partial charge in [0.05, 0.1) is 16.8 Å². The molecule has 1 atom stereocenters. The van der Waals surface area contributed by atoms with Crippen LogP contribution in [0.15, 0.2) is 18.2 Å². The number of hydrogen-bond donors (Lipinski definition) is 2. The van der Waals surface area contributed by atoms with E-state index < -0.39 is 23.3 Å². The maximum absolute atomic E-state index is 12.7. The van der Waals surface area contributed by atoms with Gasteiger partial charge < -0.3 is 11.1 Å². The summed E-state index contributed by atoms with van der Waals surface area (Å²) in [7, 11) is 0. The standard InChI is InChI=1S/C14H19F3N2O/c1-8(2)7-9(3)19-13(20)10-5-4-6-11(12(10)18)14(15,16)17/h4-6,8-9H,7,18H2,1-3H3,(H,19,20). The average Bonchev–Trinajstić information content (AvgIpc) is 2.25. The van der Waals surface area contributed by atoms with Crippen LogP contribution in [0.4, 0.5) is 18.9 Å². The zero-order valence-electron chi connectivity index (χ0n) is 11.7. The molecular weight excluding hydrogens is 269 g/mol. The molecule has 0 saturated carbocycles. The molecule has 1 rings (SSSR count). The Labute approximate surface area is 116 Å². The molecule has 3 nitrogen and oxygen atoms in total. The highest BCUT2D eigenvalue weighted by Gasteiger charge is 2.34. The fourth-order valence-corrected chi connectivity index (χ4v) is 2.08. The number of amides is 1. The topological polar surface area (TPSA) is 55.1 Å². The molecule has 0 aliphatic rings. The maximum atomic E-state index is 12.7. The number of alkyl halides is 3. The summed E-state index contributed by atoms with van der Waals surface area (Å²) in [6.07, 6.45) is -3.82. The van der Waals surface area contributed by atoms with E-state index in [0.717, 1.165) is 12.5 Å². The van der Waals surface area contributed by atoms with Crippen LogP contribution in [0.3, 0.4) is 0 Å². The van der Waals surface area contributed by atoms with Gasteiger partial charge in [-0.15, -0.1) is 0 Å². The third-order valence-corrected chi connectivity index (χ3v) is 2.86. The van der Waals surface area contributed by atoms with Crippen LogP contribution in [0.1, 0.15) is 43.1 Å². The molecule has 1 unspecified atom stereocenters. The van der Waals surface area contributed by atoms with Gasteiger partial charge in [0.25, 0.3) is 5.91 Å². The van der Waals surface area contributed by atoms with Crippen LogP contribution >= 0.6 is 0 Å². The molecule has 0 bridgehead atoms. The van der Waals surface area contributed by atoms with Crippen molar-refractivity contribution in [2.45, 2.75) is 39.4 Å². The van der Waals surface area contributed by atoms with Gasteiger partial charge in [0.1, 0.15) is 0 Å². The number of nitrogen functional groups attached to an aromatic ring is 1. The van der Waals surface area contributed by atoms with Gasteiger partial charge >= 0.3 is 6.18 Å². The maximum Gasteiger partial charge on any atom is 0.418 e. The number of carbonyl (C=O) groups excluding carboxylic acids is 1. The van der Waals surface area contributed by atoms with Gasteiger partial charge in [-0.3, -0.25) is 4.79 Å². The lowest BCUT2D eigenvalue weighted by molar-refractivity contribution is -0.136. The summed E-state index contributed by atoms with van der Waals surface area (Å²) in [4.78, 5) is 12.0. The molecule has 0 heterocycles. The first-order valence-corrected chi connectivity index (χ1v) is 6.39. The van der Waals surface area contributed by atoms with E-state index in [2.05, 4.69) is 5.32 Å². The van der Waals surface area contributed by atoms with Crippen molar-refractivity contribution in [3.63, 3.8) is 0 Å². The van der Waals surface area contributed by atoms with Crippen LogP contribution < -0.4 is 11.1 Å². The quantitative estimate of drug-likeness (QED) is 0.834. The second kappa shape index (κ2) is 6.15. The second-order valence-electron chi connectivity index (χ2n) is 5.27. The zero-order valence-corrected chi connectivity index (χ0v) is 11.7. The minimum Gasteiger partial charge on any atom is -0.398 e. The van der Waals surface area contributed by atoms with E-state index in [1.54, 1.807) is 0 Å². The summed E-state index contributed by atoms with van der Waals surface area (Å²) in [5, 5.41) is 2.66. The van der Waals surface area contributed by atoms with Gasteiger partial charge in [-0.05, 0) is 31.4 Å². The molecule has 0 aliphatic heterocycles.